The van der Waals surface area contributed by atoms with Crippen molar-refractivity contribution in [3.8, 4) is 34.0 Å². The van der Waals surface area contributed by atoms with Gasteiger partial charge in [-0.25, -0.2) is 0 Å². The Bertz CT molecular complexity index is 2300. The molecule has 6 nitrogen and oxygen atoms in total. The minimum absolute atomic E-state index is 0.254. The van der Waals surface area contributed by atoms with Crippen LogP contribution in [-0.2, 0) is 0 Å². The van der Waals surface area contributed by atoms with E-state index in [0.717, 1.165) is 44.1 Å². The first kappa shape index (κ1) is 25.7. The predicted octanol–water partition coefficient (Wildman–Crippen LogP) is 8.04. The molecule has 0 saturated heterocycles. The zero-order valence-electron chi connectivity index (χ0n) is 23.4. The zero-order chi connectivity index (χ0) is 29.8. The molecule has 1 N–H and O–H groups in total. The summed E-state index contributed by atoms with van der Waals surface area (Å²) < 4.78 is 2.10. The van der Waals surface area contributed by atoms with Crippen LogP contribution in [0, 0.1) is 11.3 Å². The topological polar surface area (TPSA) is 82.2 Å². The molecule has 1 amide bonds. The number of amides is 1. The van der Waals surface area contributed by atoms with E-state index in [1.807, 2.05) is 109 Å². The van der Waals surface area contributed by atoms with Gasteiger partial charge in [-0.1, -0.05) is 78.9 Å². The van der Waals surface area contributed by atoms with Gasteiger partial charge in [0.25, 0.3) is 5.91 Å². The highest BCUT2D eigenvalue weighted by atomic mass is 16.3. The molecule has 2 aromatic heterocycles. The van der Waals surface area contributed by atoms with Gasteiger partial charge in [0, 0.05) is 40.0 Å². The fourth-order valence-electron chi connectivity index (χ4n) is 6.36. The fraction of sp³-hybridized carbons (Fsp3) is 0.0263. The Labute approximate surface area is 253 Å². The van der Waals surface area contributed by atoms with Gasteiger partial charge in [0.1, 0.15) is 6.07 Å². The zero-order valence-corrected chi connectivity index (χ0v) is 23.4. The molecule has 6 heteroatoms. The Hall–Kier alpha value is -6.03. The second-order valence-electron chi connectivity index (χ2n) is 10.9. The normalized spacial score (nSPS) is 14.2. The van der Waals surface area contributed by atoms with Crippen LogP contribution >= 0.6 is 0 Å². The van der Waals surface area contributed by atoms with Crippen molar-refractivity contribution in [2.45, 2.75) is 6.23 Å². The molecule has 7 aromatic rings. The van der Waals surface area contributed by atoms with E-state index < -0.39 is 6.23 Å². The number of carbonyl (C=O) groups is 1. The number of aromatic nitrogens is 2. The summed E-state index contributed by atoms with van der Waals surface area (Å²) in [4.78, 5) is 20.0. The van der Waals surface area contributed by atoms with Gasteiger partial charge in [-0.05, 0) is 59.2 Å². The van der Waals surface area contributed by atoms with Crippen molar-refractivity contribution in [3.05, 3.63) is 150 Å². The van der Waals surface area contributed by atoms with Crippen molar-refractivity contribution in [2.24, 2.45) is 0 Å². The van der Waals surface area contributed by atoms with Gasteiger partial charge in [-0.2, -0.15) is 5.26 Å². The van der Waals surface area contributed by atoms with Crippen LogP contribution in [-0.4, -0.2) is 20.6 Å². The molecular formula is C38H24N4O2. The number of aliphatic hydroxyl groups is 1. The highest BCUT2D eigenvalue weighted by Crippen LogP contribution is 2.42. The summed E-state index contributed by atoms with van der Waals surface area (Å²) in [5, 5.41) is 23.0. The number of benzene rings is 5. The Balaban J connectivity index is 1.29. The lowest BCUT2D eigenvalue weighted by Gasteiger charge is -2.21. The number of fused-ring (bicyclic) bond motifs is 4. The molecule has 1 atom stereocenters. The molecule has 0 bridgehead atoms. The molecule has 1 aliphatic heterocycles. The van der Waals surface area contributed by atoms with Crippen LogP contribution in [0.1, 0.15) is 27.7 Å². The predicted molar refractivity (Wildman–Crippen MR) is 172 cm³/mol. The maximum absolute atomic E-state index is 14.3. The number of anilines is 1. The fourth-order valence-corrected chi connectivity index (χ4v) is 6.36. The van der Waals surface area contributed by atoms with Crippen molar-refractivity contribution in [3.63, 3.8) is 0 Å². The third-order valence-corrected chi connectivity index (χ3v) is 8.38. The lowest BCUT2D eigenvalue weighted by molar-refractivity contribution is 0.0935. The molecule has 44 heavy (non-hydrogen) atoms. The van der Waals surface area contributed by atoms with Gasteiger partial charge >= 0.3 is 0 Å². The van der Waals surface area contributed by atoms with E-state index in [2.05, 4.69) is 27.8 Å². The summed E-state index contributed by atoms with van der Waals surface area (Å²) in [6, 6.07) is 41.6. The van der Waals surface area contributed by atoms with Gasteiger partial charge in [0.05, 0.1) is 27.8 Å². The van der Waals surface area contributed by atoms with Gasteiger partial charge < -0.3 is 9.67 Å². The largest absolute Gasteiger partial charge is 0.369 e. The van der Waals surface area contributed by atoms with Crippen molar-refractivity contribution in [2.75, 3.05) is 4.90 Å². The van der Waals surface area contributed by atoms with E-state index in [9.17, 15) is 15.2 Å². The van der Waals surface area contributed by atoms with Crippen LogP contribution in [0.4, 0.5) is 5.69 Å². The molecule has 5 aromatic carbocycles. The molecular weight excluding hydrogens is 544 g/mol. The van der Waals surface area contributed by atoms with Crippen molar-refractivity contribution < 1.29 is 9.90 Å². The van der Waals surface area contributed by atoms with Gasteiger partial charge in [0.15, 0.2) is 6.23 Å². The molecule has 0 fully saturated rings. The van der Waals surface area contributed by atoms with Crippen molar-refractivity contribution in [1.82, 2.24) is 9.55 Å². The molecule has 0 aliphatic carbocycles. The van der Waals surface area contributed by atoms with E-state index in [0.29, 0.717) is 28.1 Å². The molecule has 0 spiro atoms. The molecule has 0 radical (unpaired) electrons. The summed E-state index contributed by atoms with van der Waals surface area (Å²) in [6.45, 7) is 0. The second kappa shape index (κ2) is 10.1. The standard InChI is InChI=1S/C38H24N4O2/c39-21-24-18-28(23-40-22-24)27-16-17-34-32(20-27)30-12-4-5-14-33(30)42(34)35-15-7-13-31-36(35)38(44)41(37(31)43)29-11-6-10-26(19-29)25-8-2-1-3-9-25/h1-20,22-23,37,43H. The first-order valence-corrected chi connectivity index (χ1v) is 14.3. The van der Waals surface area contributed by atoms with Crippen molar-refractivity contribution in [1.29, 1.82) is 5.26 Å². The van der Waals surface area contributed by atoms with Crippen LogP contribution < -0.4 is 4.90 Å². The molecule has 208 valence electrons. The monoisotopic (exact) mass is 568 g/mol. The maximum atomic E-state index is 14.3. The second-order valence-corrected chi connectivity index (χ2v) is 10.9. The number of carbonyl (C=O) groups excluding carboxylic acids is 1. The van der Waals surface area contributed by atoms with Crippen LogP contribution in [0.5, 0.6) is 0 Å². The Morgan fingerprint density at radius 2 is 1.43 bits per heavy atom. The van der Waals surface area contributed by atoms with E-state index in [4.69, 9.17) is 0 Å². The van der Waals surface area contributed by atoms with Crippen molar-refractivity contribution >= 4 is 33.4 Å². The summed E-state index contributed by atoms with van der Waals surface area (Å²) in [7, 11) is 0. The summed E-state index contributed by atoms with van der Waals surface area (Å²) in [5.41, 5.74) is 8.56. The first-order valence-electron chi connectivity index (χ1n) is 14.3. The van der Waals surface area contributed by atoms with Crippen LogP contribution in [0.15, 0.2) is 134 Å². The first-order chi connectivity index (χ1) is 21.6. The van der Waals surface area contributed by atoms with Gasteiger partial charge in [-0.3, -0.25) is 14.7 Å². The third-order valence-electron chi connectivity index (χ3n) is 8.38. The Morgan fingerprint density at radius 3 is 2.30 bits per heavy atom. The van der Waals surface area contributed by atoms with Crippen LogP contribution in [0.25, 0.3) is 49.7 Å². The maximum Gasteiger partial charge on any atom is 0.263 e. The molecule has 1 unspecified atom stereocenters. The number of pyridine rings is 1. The SMILES string of the molecule is N#Cc1cncc(-c2ccc3c(c2)c2ccccc2n3-c2cccc3c2C(=O)N(c2cccc(-c4ccccc4)c2)C3O)c1. The average molecular weight is 569 g/mol. The van der Waals surface area contributed by atoms with Gasteiger partial charge in [-0.15, -0.1) is 0 Å². The van der Waals surface area contributed by atoms with E-state index >= 15 is 0 Å². The quantitative estimate of drug-likeness (QED) is 0.233. The van der Waals surface area contributed by atoms with Gasteiger partial charge in [0.2, 0.25) is 0 Å². The number of nitrogens with zero attached hydrogens (tertiary/aromatic N) is 4. The van der Waals surface area contributed by atoms with E-state index in [1.54, 1.807) is 12.4 Å². The lowest BCUT2D eigenvalue weighted by atomic mass is 10.0. The Kier molecular flexibility index (Phi) is 5.86. The number of para-hydroxylation sites is 1. The average Bonchev–Trinajstić information content (AvgIpc) is 3.55. The third kappa shape index (κ3) is 3.92. The number of hydrogen-bond donors (Lipinski definition) is 1. The van der Waals surface area contributed by atoms with Crippen LogP contribution in [0.3, 0.4) is 0 Å². The minimum atomic E-state index is -1.12. The highest BCUT2D eigenvalue weighted by Gasteiger charge is 2.39. The number of hydrogen-bond acceptors (Lipinski definition) is 4. The van der Waals surface area contributed by atoms with Crippen LogP contribution in [0.2, 0.25) is 0 Å². The molecule has 8 rings (SSSR count). The lowest BCUT2D eigenvalue weighted by Crippen LogP contribution is -2.27. The smallest absolute Gasteiger partial charge is 0.263 e. The molecule has 1 aliphatic rings. The molecule has 3 heterocycles. The molecule has 0 saturated carbocycles. The number of rotatable bonds is 4. The summed E-state index contributed by atoms with van der Waals surface area (Å²) in [6.07, 6.45) is 2.19. The minimum Gasteiger partial charge on any atom is -0.369 e. The highest BCUT2D eigenvalue weighted by molar-refractivity contribution is 6.16. The van der Waals surface area contributed by atoms with E-state index in [1.165, 1.54) is 4.90 Å². The number of aliphatic hydroxyl groups excluding tert-OH is 1. The Morgan fingerprint density at radius 1 is 0.682 bits per heavy atom. The number of nitriles is 1. The summed E-state index contributed by atoms with van der Waals surface area (Å²) >= 11 is 0. The van der Waals surface area contributed by atoms with E-state index in [-0.39, 0.29) is 5.91 Å². The summed E-state index contributed by atoms with van der Waals surface area (Å²) in [5.74, 6) is -0.254.